The van der Waals surface area contributed by atoms with Gasteiger partial charge in [-0.05, 0) is 12.5 Å². The molecule has 0 amide bonds. The summed E-state index contributed by atoms with van der Waals surface area (Å²) >= 11 is 0. The van der Waals surface area contributed by atoms with Crippen LogP contribution in [0, 0.1) is 10.1 Å². The van der Waals surface area contributed by atoms with Crippen molar-refractivity contribution in [2.45, 2.75) is 13.5 Å². The van der Waals surface area contributed by atoms with E-state index >= 15 is 0 Å². The fraction of sp³-hybridized carbons (Fsp3) is 0.364. The summed E-state index contributed by atoms with van der Waals surface area (Å²) in [6.45, 7) is 2.56. The van der Waals surface area contributed by atoms with Gasteiger partial charge in [-0.1, -0.05) is 12.1 Å². The van der Waals surface area contributed by atoms with Crippen LogP contribution in [0.4, 0.5) is 5.69 Å². The van der Waals surface area contributed by atoms with Crippen molar-refractivity contribution in [2.75, 3.05) is 13.2 Å². The number of rotatable bonds is 6. The highest BCUT2D eigenvalue weighted by Gasteiger charge is 2.06. The molecule has 0 unspecified atom stereocenters. The number of nitro groups is 1. The first-order valence-corrected chi connectivity index (χ1v) is 5.23. The number of nitrogens with one attached hydrogen (secondary N) is 1. The van der Waals surface area contributed by atoms with Gasteiger partial charge in [-0.2, -0.15) is 0 Å². The zero-order valence-electron chi connectivity index (χ0n) is 9.51. The highest BCUT2D eigenvalue weighted by Crippen LogP contribution is 2.12. The number of nitro benzene ring substituents is 1. The minimum absolute atomic E-state index is 0.0421. The molecule has 0 atom stereocenters. The summed E-state index contributed by atoms with van der Waals surface area (Å²) in [7, 11) is 0. The predicted octanol–water partition coefficient (Wildman–Crippen LogP) is 1.25. The standard InChI is InChI=1S/C11H14N2O4/c1-2-17-11(14)8-12-7-9-4-3-5-10(6-9)13(15)16/h3-6,12H,2,7-8H2,1H3. The van der Waals surface area contributed by atoms with Crippen molar-refractivity contribution in [3.63, 3.8) is 0 Å². The molecule has 6 nitrogen and oxygen atoms in total. The Morgan fingerprint density at radius 3 is 2.94 bits per heavy atom. The van der Waals surface area contributed by atoms with E-state index in [9.17, 15) is 14.9 Å². The number of esters is 1. The summed E-state index contributed by atoms with van der Waals surface area (Å²) in [5, 5.41) is 13.4. The fourth-order valence-corrected chi connectivity index (χ4v) is 1.30. The van der Waals surface area contributed by atoms with Gasteiger partial charge >= 0.3 is 5.97 Å². The van der Waals surface area contributed by atoms with E-state index in [0.29, 0.717) is 13.2 Å². The Kier molecular flexibility index (Phi) is 5.09. The van der Waals surface area contributed by atoms with Gasteiger partial charge in [0.2, 0.25) is 0 Å². The van der Waals surface area contributed by atoms with Crippen molar-refractivity contribution in [3.05, 3.63) is 39.9 Å². The van der Waals surface area contributed by atoms with Crippen LogP contribution in [-0.2, 0) is 16.1 Å². The second-order valence-corrected chi connectivity index (χ2v) is 3.34. The normalized spacial score (nSPS) is 9.94. The van der Waals surface area contributed by atoms with Gasteiger partial charge < -0.3 is 10.1 Å². The molecule has 92 valence electrons. The second-order valence-electron chi connectivity index (χ2n) is 3.34. The molecule has 0 radical (unpaired) electrons. The number of benzene rings is 1. The van der Waals surface area contributed by atoms with E-state index in [1.165, 1.54) is 12.1 Å². The molecule has 1 aromatic rings. The lowest BCUT2D eigenvalue weighted by Crippen LogP contribution is -2.24. The van der Waals surface area contributed by atoms with Crippen LogP contribution >= 0.6 is 0 Å². The van der Waals surface area contributed by atoms with Crippen molar-refractivity contribution < 1.29 is 14.5 Å². The molecule has 1 aromatic carbocycles. The smallest absolute Gasteiger partial charge is 0.319 e. The quantitative estimate of drug-likeness (QED) is 0.458. The minimum Gasteiger partial charge on any atom is -0.465 e. The van der Waals surface area contributed by atoms with Gasteiger partial charge in [0.25, 0.3) is 5.69 Å². The zero-order chi connectivity index (χ0) is 12.7. The van der Waals surface area contributed by atoms with Gasteiger partial charge in [-0.15, -0.1) is 0 Å². The molecule has 0 aliphatic heterocycles. The van der Waals surface area contributed by atoms with E-state index in [0.717, 1.165) is 5.56 Å². The van der Waals surface area contributed by atoms with E-state index in [4.69, 9.17) is 4.74 Å². The lowest BCUT2D eigenvalue weighted by atomic mass is 10.2. The fourth-order valence-electron chi connectivity index (χ4n) is 1.30. The van der Waals surface area contributed by atoms with Crippen LogP contribution in [0.3, 0.4) is 0 Å². The van der Waals surface area contributed by atoms with Crippen LogP contribution < -0.4 is 5.32 Å². The Hall–Kier alpha value is -1.95. The van der Waals surface area contributed by atoms with E-state index < -0.39 is 4.92 Å². The average Bonchev–Trinajstić information content (AvgIpc) is 2.30. The molecule has 0 saturated carbocycles. The average molecular weight is 238 g/mol. The first-order chi connectivity index (χ1) is 8.13. The maximum atomic E-state index is 11.0. The number of non-ortho nitro benzene ring substituents is 1. The number of nitrogens with zero attached hydrogens (tertiary/aromatic N) is 1. The first-order valence-electron chi connectivity index (χ1n) is 5.23. The summed E-state index contributed by atoms with van der Waals surface area (Å²) in [5.74, 6) is -0.335. The van der Waals surface area contributed by atoms with Crippen LogP contribution in [0.5, 0.6) is 0 Å². The summed E-state index contributed by atoms with van der Waals surface area (Å²) in [4.78, 5) is 21.1. The summed E-state index contributed by atoms with van der Waals surface area (Å²) in [5.41, 5.74) is 0.795. The molecule has 0 bridgehead atoms. The van der Waals surface area contributed by atoms with Crippen LogP contribution in [0.15, 0.2) is 24.3 Å². The number of hydrogen-bond acceptors (Lipinski definition) is 5. The van der Waals surface area contributed by atoms with Gasteiger partial charge in [0.05, 0.1) is 18.1 Å². The highest BCUT2D eigenvalue weighted by molar-refractivity contribution is 5.71. The monoisotopic (exact) mass is 238 g/mol. The molecule has 17 heavy (non-hydrogen) atoms. The third-order valence-electron chi connectivity index (χ3n) is 2.03. The third kappa shape index (κ3) is 4.60. The van der Waals surface area contributed by atoms with Gasteiger partial charge in [-0.3, -0.25) is 14.9 Å². The maximum absolute atomic E-state index is 11.0. The molecule has 0 spiro atoms. The molecule has 0 aromatic heterocycles. The number of carbonyl (C=O) groups is 1. The molecule has 0 saturated heterocycles. The van der Waals surface area contributed by atoms with Gasteiger partial charge in [0.1, 0.15) is 0 Å². The Morgan fingerprint density at radius 1 is 1.53 bits per heavy atom. The zero-order valence-corrected chi connectivity index (χ0v) is 9.51. The molecule has 0 aliphatic carbocycles. The summed E-state index contributed by atoms with van der Waals surface area (Å²) < 4.78 is 4.73. The maximum Gasteiger partial charge on any atom is 0.319 e. The molecule has 1 rings (SSSR count). The third-order valence-corrected chi connectivity index (χ3v) is 2.03. The lowest BCUT2D eigenvalue weighted by molar-refractivity contribution is -0.384. The summed E-state index contributed by atoms with van der Waals surface area (Å²) in [6.07, 6.45) is 0. The molecule has 0 heterocycles. The largest absolute Gasteiger partial charge is 0.465 e. The Labute approximate surface area is 98.7 Å². The summed E-state index contributed by atoms with van der Waals surface area (Å²) in [6, 6.07) is 6.26. The molecular formula is C11H14N2O4. The number of ether oxygens (including phenoxy) is 1. The SMILES string of the molecule is CCOC(=O)CNCc1cccc([N+](=O)[O-])c1. The van der Waals surface area contributed by atoms with Crippen LogP contribution in [0.2, 0.25) is 0 Å². The Morgan fingerprint density at radius 2 is 2.29 bits per heavy atom. The van der Waals surface area contributed by atoms with Crippen LogP contribution in [-0.4, -0.2) is 24.0 Å². The van der Waals surface area contributed by atoms with E-state index in [2.05, 4.69) is 5.32 Å². The minimum atomic E-state index is -0.450. The second kappa shape index (κ2) is 6.59. The Bertz CT molecular complexity index is 406. The van der Waals surface area contributed by atoms with Gasteiger partial charge in [0, 0.05) is 18.7 Å². The van der Waals surface area contributed by atoms with Crippen LogP contribution in [0.1, 0.15) is 12.5 Å². The number of hydrogen-bond donors (Lipinski definition) is 1. The lowest BCUT2D eigenvalue weighted by Gasteiger charge is -2.04. The Balaban J connectivity index is 2.44. The first kappa shape index (κ1) is 13.1. The highest BCUT2D eigenvalue weighted by atomic mass is 16.6. The predicted molar refractivity (Wildman–Crippen MR) is 61.4 cm³/mol. The van der Waals surface area contributed by atoms with Gasteiger partial charge in [-0.25, -0.2) is 0 Å². The topological polar surface area (TPSA) is 81.5 Å². The number of carbonyl (C=O) groups excluding carboxylic acids is 1. The van der Waals surface area contributed by atoms with Crippen molar-refractivity contribution in [1.82, 2.24) is 5.32 Å². The van der Waals surface area contributed by atoms with Crippen molar-refractivity contribution in [1.29, 1.82) is 0 Å². The van der Waals surface area contributed by atoms with E-state index in [-0.39, 0.29) is 18.2 Å². The van der Waals surface area contributed by atoms with E-state index in [1.54, 1.807) is 19.1 Å². The van der Waals surface area contributed by atoms with Crippen molar-refractivity contribution in [3.8, 4) is 0 Å². The molecule has 0 aliphatic rings. The molecular weight excluding hydrogens is 224 g/mol. The molecule has 1 N–H and O–H groups in total. The van der Waals surface area contributed by atoms with Crippen LogP contribution in [0.25, 0.3) is 0 Å². The molecule has 6 heteroatoms. The van der Waals surface area contributed by atoms with E-state index in [1.807, 2.05) is 0 Å². The molecule has 0 fully saturated rings. The van der Waals surface area contributed by atoms with Crippen molar-refractivity contribution >= 4 is 11.7 Å². The van der Waals surface area contributed by atoms with Gasteiger partial charge in [0.15, 0.2) is 0 Å². The van der Waals surface area contributed by atoms with Crippen molar-refractivity contribution in [2.24, 2.45) is 0 Å².